The zero-order valence-electron chi connectivity index (χ0n) is 15.1. The van der Waals surface area contributed by atoms with E-state index in [2.05, 4.69) is 9.97 Å². The Bertz CT molecular complexity index is 1030. The van der Waals surface area contributed by atoms with Crippen molar-refractivity contribution in [2.24, 2.45) is 0 Å². The van der Waals surface area contributed by atoms with E-state index in [1.54, 1.807) is 50.2 Å². The van der Waals surface area contributed by atoms with Crippen molar-refractivity contribution >= 4 is 35.0 Å². The van der Waals surface area contributed by atoms with E-state index in [1.807, 2.05) is 0 Å². The van der Waals surface area contributed by atoms with Crippen LogP contribution in [-0.2, 0) is 4.74 Å². The lowest BCUT2D eigenvalue weighted by Crippen LogP contribution is -2.06. The summed E-state index contributed by atoms with van der Waals surface area (Å²) in [7, 11) is 0. The van der Waals surface area contributed by atoms with Crippen molar-refractivity contribution in [3.05, 3.63) is 69.0 Å². The molecule has 0 aliphatic rings. The number of aromatic nitrogens is 2. The van der Waals surface area contributed by atoms with Crippen molar-refractivity contribution in [1.29, 1.82) is 0 Å². The second kappa shape index (κ2) is 8.45. The molecule has 1 heterocycles. The smallest absolute Gasteiger partial charge is 0.358 e. The highest BCUT2D eigenvalue weighted by atomic mass is 35.5. The molecule has 0 unspecified atom stereocenters. The lowest BCUT2D eigenvalue weighted by molar-refractivity contribution is -0.387. The fourth-order valence-corrected chi connectivity index (χ4v) is 3.54. The van der Waals surface area contributed by atoms with Crippen LogP contribution in [0.5, 0.6) is 0 Å². The average Bonchev–Trinajstić information content (AvgIpc) is 3.06. The number of rotatable bonds is 6. The molecule has 1 N–H and O–H groups in total. The number of H-pyrrole nitrogens is 1. The molecule has 1 aromatic heterocycles. The molecule has 9 heteroatoms. The van der Waals surface area contributed by atoms with Gasteiger partial charge < -0.3 is 9.72 Å². The van der Waals surface area contributed by atoms with Crippen LogP contribution in [0.4, 0.5) is 5.69 Å². The van der Waals surface area contributed by atoms with E-state index in [0.29, 0.717) is 27.0 Å². The van der Waals surface area contributed by atoms with Crippen LogP contribution in [0.15, 0.2) is 52.3 Å². The largest absolute Gasteiger partial charge is 0.461 e. The second-order valence-corrected chi connectivity index (χ2v) is 7.33. The molecule has 144 valence electrons. The molecule has 2 aromatic carbocycles. The van der Waals surface area contributed by atoms with E-state index in [4.69, 9.17) is 16.3 Å². The third kappa shape index (κ3) is 4.35. The van der Waals surface area contributed by atoms with Crippen LogP contribution in [0.3, 0.4) is 0 Å². The van der Waals surface area contributed by atoms with E-state index >= 15 is 0 Å². The number of carbonyl (C=O) groups excluding carboxylic acids is 1. The highest BCUT2D eigenvalue weighted by molar-refractivity contribution is 7.99. The van der Waals surface area contributed by atoms with Gasteiger partial charge in [0.2, 0.25) is 0 Å². The topological polar surface area (TPSA) is 98.1 Å². The van der Waals surface area contributed by atoms with Crippen LogP contribution in [0.1, 0.15) is 23.1 Å². The summed E-state index contributed by atoms with van der Waals surface area (Å²) in [6, 6.07) is 11.9. The van der Waals surface area contributed by atoms with Crippen LogP contribution < -0.4 is 0 Å². The van der Waals surface area contributed by atoms with Gasteiger partial charge in [-0.2, -0.15) is 0 Å². The first kappa shape index (κ1) is 19.9. The zero-order valence-corrected chi connectivity index (χ0v) is 16.6. The number of hydrogen-bond acceptors (Lipinski definition) is 6. The first-order chi connectivity index (χ1) is 13.4. The predicted octanol–water partition coefficient (Wildman–Crippen LogP) is 5.27. The van der Waals surface area contributed by atoms with Crippen molar-refractivity contribution in [1.82, 2.24) is 9.97 Å². The van der Waals surface area contributed by atoms with Gasteiger partial charge in [-0.05, 0) is 50.2 Å². The van der Waals surface area contributed by atoms with Gasteiger partial charge in [0.05, 0.1) is 16.4 Å². The first-order valence-corrected chi connectivity index (χ1v) is 9.54. The highest BCUT2D eigenvalue weighted by Crippen LogP contribution is 2.37. The number of aromatic amines is 1. The minimum Gasteiger partial charge on any atom is -0.461 e. The summed E-state index contributed by atoms with van der Waals surface area (Å²) in [6.07, 6.45) is 0. The molecule has 0 saturated carbocycles. The Hall–Kier alpha value is -2.84. The molecule has 0 spiro atoms. The molecule has 0 aliphatic heterocycles. The van der Waals surface area contributed by atoms with Gasteiger partial charge >= 0.3 is 5.97 Å². The number of nitro groups is 1. The molecule has 0 radical (unpaired) electrons. The average molecular weight is 418 g/mol. The summed E-state index contributed by atoms with van der Waals surface area (Å²) >= 11 is 7.15. The van der Waals surface area contributed by atoms with E-state index in [-0.39, 0.29) is 18.0 Å². The van der Waals surface area contributed by atoms with Gasteiger partial charge in [-0.25, -0.2) is 9.78 Å². The number of halogens is 1. The molecule has 0 bridgehead atoms. The Balaban J connectivity index is 1.95. The van der Waals surface area contributed by atoms with Crippen LogP contribution >= 0.6 is 23.4 Å². The van der Waals surface area contributed by atoms with Gasteiger partial charge in [0.1, 0.15) is 5.82 Å². The summed E-state index contributed by atoms with van der Waals surface area (Å²) < 4.78 is 4.97. The number of nitrogens with one attached hydrogen (secondary N) is 1. The number of ether oxygens (including phenoxy) is 1. The zero-order chi connectivity index (χ0) is 20.3. The normalized spacial score (nSPS) is 10.7. The van der Waals surface area contributed by atoms with Crippen LogP contribution in [0, 0.1) is 17.0 Å². The number of nitro benzene ring substituents is 1. The van der Waals surface area contributed by atoms with Crippen molar-refractivity contribution < 1.29 is 14.5 Å². The summed E-state index contributed by atoms with van der Waals surface area (Å²) in [5.41, 5.74) is 1.16. The van der Waals surface area contributed by atoms with Gasteiger partial charge in [-0.1, -0.05) is 23.4 Å². The summed E-state index contributed by atoms with van der Waals surface area (Å²) in [6.45, 7) is 3.64. The fourth-order valence-electron chi connectivity index (χ4n) is 2.52. The third-order valence-corrected chi connectivity index (χ3v) is 5.15. The fraction of sp³-hybridized carbons (Fsp3) is 0.158. The Kier molecular flexibility index (Phi) is 6.01. The molecular weight excluding hydrogens is 402 g/mol. The van der Waals surface area contributed by atoms with Crippen molar-refractivity contribution in [2.75, 3.05) is 6.61 Å². The van der Waals surface area contributed by atoms with Gasteiger partial charge in [-0.15, -0.1) is 0 Å². The number of hydrogen-bond donors (Lipinski definition) is 1. The number of aryl methyl sites for hydroxylation is 1. The summed E-state index contributed by atoms with van der Waals surface area (Å²) in [5, 5.41) is 12.2. The Labute approximate surface area is 170 Å². The summed E-state index contributed by atoms with van der Waals surface area (Å²) in [5.74, 6) is -0.168. The molecule has 28 heavy (non-hydrogen) atoms. The molecule has 0 amide bonds. The molecule has 0 fully saturated rings. The first-order valence-electron chi connectivity index (χ1n) is 8.35. The molecule has 0 aliphatic carbocycles. The van der Waals surface area contributed by atoms with Gasteiger partial charge in [0.15, 0.2) is 5.69 Å². The van der Waals surface area contributed by atoms with Crippen LogP contribution in [-0.4, -0.2) is 27.5 Å². The van der Waals surface area contributed by atoms with E-state index in [0.717, 1.165) is 4.90 Å². The maximum Gasteiger partial charge on any atom is 0.358 e. The predicted molar refractivity (Wildman–Crippen MR) is 107 cm³/mol. The van der Waals surface area contributed by atoms with Crippen molar-refractivity contribution in [3.8, 4) is 11.4 Å². The minimum atomic E-state index is -0.535. The quantitative estimate of drug-likeness (QED) is 0.333. The van der Waals surface area contributed by atoms with E-state index in [1.165, 1.54) is 17.8 Å². The van der Waals surface area contributed by atoms with Crippen LogP contribution in [0.25, 0.3) is 11.4 Å². The molecular formula is C19H16ClN3O4S. The number of esters is 1. The minimum absolute atomic E-state index is 0.0517. The SMILES string of the molecule is CCOC(=O)c1nc(-c2ccc(Sc3ccc(Cl)cc3)c([N+](=O)[O-])c2)[nH]c1C. The molecule has 3 rings (SSSR count). The maximum absolute atomic E-state index is 11.9. The van der Waals surface area contributed by atoms with Gasteiger partial charge in [0, 0.05) is 27.2 Å². The number of benzene rings is 2. The van der Waals surface area contributed by atoms with Crippen molar-refractivity contribution in [2.45, 2.75) is 23.6 Å². The maximum atomic E-state index is 11.9. The second-order valence-electron chi connectivity index (χ2n) is 5.78. The third-order valence-electron chi connectivity index (χ3n) is 3.82. The lowest BCUT2D eigenvalue weighted by Gasteiger charge is -2.05. The van der Waals surface area contributed by atoms with E-state index < -0.39 is 10.9 Å². The molecule has 0 atom stereocenters. The highest BCUT2D eigenvalue weighted by Gasteiger charge is 2.20. The van der Waals surface area contributed by atoms with E-state index in [9.17, 15) is 14.9 Å². The Morgan fingerprint density at radius 2 is 2.00 bits per heavy atom. The number of carbonyl (C=O) groups is 1. The lowest BCUT2D eigenvalue weighted by atomic mass is 10.2. The van der Waals surface area contributed by atoms with Gasteiger partial charge in [-0.3, -0.25) is 10.1 Å². The number of nitrogens with zero attached hydrogens (tertiary/aromatic N) is 2. The molecule has 0 saturated heterocycles. The monoisotopic (exact) mass is 417 g/mol. The van der Waals surface area contributed by atoms with Crippen LogP contribution in [0.2, 0.25) is 5.02 Å². The summed E-state index contributed by atoms with van der Waals surface area (Å²) in [4.78, 5) is 31.6. The number of imidazole rings is 1. The molecule has 7 nitrogen and oxygen atoms in total. The standard InChI is InChI=1S/C19H16ClN3O4S/c1-3-27-19(24)17-11(2)21-18(22-17)12-4-9-16(15(10-12)23(25)26)28-14-7-5-13(20)6-8-14/h4-10H,3H2,1-2H3,(H,21,22). The van der Waals surface area contributed by atoms with Crippen molar-refractivity contribution in [3.63, 3.8) is 0 Å². The molecule has 3 aromatic rings. The van der Waals surface area contributed by atoms with Gasteiger partial charge in [0.25, 0.3) is 5.69 Å². The Morgan fingerprint density at radius 1 is 1.29 bits per heavy atom. The Morgan fingerprint density at radius 3 is 2.64 bits per heavy atom.